The van der Waals surface area contributed by atoms with Crippen molar-refractivity contribution < 1.29 is 22.4 Å². The van der Waals surface area contributed by atoms with Crippen LogP contribution in [0.5, 0.6) is 0 Å². The minimum Gasteiger partial charge on any atom is -0.440 e. The molecule has 0 bridgehead atoms. The number of nitrogens with zero attached hydrogens (tertiary/aromatic N) is 3. The maximum Gasteiger partial charge on any atom is 0.416 e. The second-order valence-electron chi connectivity index (χ2n) is 7.78. The maximum absolute atomic E-state index is 13.7. The Morgan fingerprint density at radius 1 is 1.13 bits per heavy atom. The molecule has 0 fully saturated rings. The second-order valence-corrected chi connectivity index (χ2v) is 7.78. The summed E-state index contributed by atoms with van der Waals surface area (Å²) in [4.78, 5) is 25.7. The van der Waals surface area contributed by atoms with E-state index >= 15 is 0 Å². The van der Waals surface area contributed by atoms with Crippen molar-refractivity contribution in [3.05, 3.63) is 70.9 Å². The number of allylic oxidation sites excluding steroid dienone is 1. The topological polar surface area (TPSA) is 68.3 Å². The summed E-state index contributed by atoms with van der Waals surface area (Å²) in [6.45, 7) is 0. The third kappa shape index (κ3) is 3.66. The Morgan fingerprint density at radius 3 is 2.77 bits per heavy atom. The van der Waals surface area contributed by atoms with Gasteiger partial charge in [0, 0.05) is 42.1 Å². The van der Waals surface area contributed by atoms with Crippen molar-refractivity contribution in [2.75, 3.05) is 0 Å². The number of carbonyl (C=O) groups is 1. The molecule has 1 aliphatic carbocycles. The zero-order valence-electron chi connectivity index (χ0n) is 16.4. The smallest absolute Gasteiger partial charge is 0.416 e. The summed E-state index contributed by atoms with van der Waals surface area (Å²) in [6.07, 6.45) is 0.125. The van der Waals surface area contributed by atoms with Crippen molar-refractivity contribution in [3.8, 4) is 0 Å². The average molecular weight is 425 g/mol. The minimum atomic E-state index is -4.57. The van der Waals surface area contributed by atoms with Gasteiger partial charge in [0.25, 0.3) is 0 Å². The number of aromatic nitrogens is 2. The third-order valence-corrected chi connectivity index (χ3v) is 5.71. The first-order valence-electron chi connectivity index (χ1n) is 10.1. The van der Waals surface area contributed by atoms with Crippen LogP contribution in [-0.2, 0) is 17.4 Å². The van der Waals surface area contributed by atoms with Gasteiger partial charge in [0.2, 0.25) is 5.89 Å². The highest BCUT2D eigenvalue weighted by Gasteiger charge is 2.40. The number of carbonyl (C=O) groups excluding carboxylic acids is 1. The highest BCUT2D eigenvalue weighted by Crippen LogP contribution is 2.43. The molecule has 0 radical (unpaired) electrons. The molecule has 0 saturated carbocycles. The highest BCUT2D eigenvalue weighted by atomic mass is 19.4. The number of rotatable bonds is 3. The van der Waals surface area contributed by atoms with Crippen LogP contribution in [0, 0.1) is 0 Å². The Hall–Kier alpha value is -3.29. The minimum absolute atomic E-state index is 0.0903. The molecule has 3 heterocycles. The van der Waals surface area contributed by atoms with E-state index in [-0.39, 0.29) is 17.8 Å². The van der Waals surface area contributed by atoms with Crippen molar-refractivity contribution in [3.63, 3.8) is 0 Å². The monoisotopic (exact) mass is 425 g/mol. The molecule has 31 heavy (non-hydrogen) atoms. The Morgan fingerprint density at radius 2 is 1.97 bits per heavy atom. The summed E-state index contributed by atoms with van der Waals surface area (Å²) in [5.74, 6) is 0.319. The van der Waals surface area contributed by atoms with Crippen molar-refractivity contribution in [1.82, 2.24) is 9.97 Å². The van der Waals surface area contributed by atoms with E-state index in [2.05, 4.69) is 15.0 Å². The lowest BCUT2D eigenvalue weighted by Crippen LogP contribution is -2.26. The number of oxazole rings is 1. The lowest BCUT2D eigenvalue weighted by Gasteiger charge is -2.30. The average Bonchev–Trinajstić information content (AvgIpc) is 3.15. The molecule has 2 aliphatic rings. The second kappa shape index (κ2) is 7.44. The van der Waals surface area contributed by atoms with E-state index in [9.17, 15) is 18.0 Å². The van der Waals surface area contributed by atoms with Crippen LogP contribution in [0.1, 0.15) is 48.7 Å². The Bertz CT molecular complexity index is 1210. The summed E-state index contributed by atoms with van der Waals surface area (Å²) in [5, 5.41) is 0. The van der Waals surface area contributed by atoms with Crippen molar-refractivity contribution >= 4 is 22.6 Å². The predicted molar refractivity (Wildman–Crippen MR) is 108 cm³/mol. The molecule has 0 spiro atoms. The van der Waals surface area contributed by atoms with Gasteiger partial charge in [0.1, 0.15) is 11.6 Å². The van der Waals surface area contributed by atoms with Crippen LogP contribution in [0.25, 0.3) is 11.1 Å². The first-order chi connectivity index (χ1) is 14.9. The number of halogens is 3. The molecule has 1 aliphatic heterocycles. The van der Waals surface area contributed by atoms with Crippen LogP contribution < -0.4 is 0 Å². The lowest BCUT2D eigenvalue weighted by molar-refractivity contribution is -0.138. The number of aliphatic imine (C=N–C) groups is 1. The van der Waals surface area contributed by atoms with Crippen LogP contribution in [0.3, 0.4) is 0 Å². The number of ketones is 1. The van der Waals surface area contributed by atoms with E-state index in [0.29, 0.717) is 54.0 Å². The van der Waals surface area contributed by atoms with E-state index in [1.54, 1.807) is 0 Å². The van der Waals surface area contributed by atoms with Gasteiger partial charge in [-0.2, -0.15) is 13.2 Å². The van der Waals surface area contributed by atoms with Crippen LogP contribution >= 0.6 is 0 Å². The van der Waals surface area contributed by atoms with E-state index < -0.39 is 17.8 Å². The molecule has 2 aromatic heterocycles. The van der Waals surface area contributed by atoms with Gasteiger partial charge in [-0.15, -0.1) is 0 Å². The number of dihydropyridines is 1. The molecule has 3 aromatic rings. The molecule has 8 heteroatoms. The lowest BCUT2D eigenvalue weighted by atomic mass is 9.79. The molecule has 1 aromatic carbocycles. The molecular formula is C23H18F3N3O2. The number of hydrogen-bond acceptors (Lipinski definition) is 5. The van der Waals surface area contributed by atoms with Crippen LogP contribution in [0.2, 0.25) is 0 Å². The molecule has 1 atom stereocenters. The Balaban J connectivity index is 1.58. The van der Waals surface area contributed by atoms with Crippen molar-refractivity contribution in [2.45, 2.75) is 44.3 Å². The third-order valence-electron chi connectivity index (χ3n) is 5.71. The molecule has 5 rings (SSSR count). The number of pyridine rings is 1. The summed E-state index contributed by atoms with van der Waals surface area (Å²) in [5.41, 5.74) is 2.36. The molecule has 0 saturated heterocycles. The zero-order chi connectivity index (χ0) is 21.6. The Kier molecular flexibility index (Phi) is 4.72. The normalized spacial score (nSPS) is 19.5. The van der Waals surface area contributed by atoms with Gasteiger partial charge in [-0.05, 0) is 31.0 Å². The standard InChI is InChI=1S/C23H18F3N3O2/c24-23(25,26)16-8-9-27-12-15(16)22-21-13(4-3-6-18(21)30)10-14(28-22)11-20-29-17-5-1-2-7-19(17)31-20/h1-2,5,7-9,12,22H,3-4,6,10-11H2. The van der Waals surface area contributed by atoms with E-state index in [4.69, 9.17) is 4.42 Å². The number of hydrogen-bond donors (Lipinski definition) is 0. The molecule has 5 nitrogen and oxygen atoms in total. The summed E-state index contributed by atoms with van der Waals surface area (Å²) in [6, 6.07) is 7.27. The Labute approximate surface area is 175 Å². The highest BCUT2D eigenvalue weighted by molar-refractivity contribution is 6.02. The van der Waals surface area contributed by atoms with Gasteiger partial charge < -0.3 is 4.42 Å². The zero-order valence-corrected chi connectivity index (χ0v) is 16.4. The van der Waals surface area contributed by atoms with Gasteiger partial charge in [0.15, 0.2) is 11.4 Å². The van der Waals surface area contributed by atoms with E-state index in [1.807, 2.05) is 24.3 Å². The summed E-state index contributed by atoms with van der Waals surface area (Å²) < 4.78 is 46.8. The number of Topliss-reactive ketones (excluding diaryl/α,β-unsaturated/α-hetero) is 1. The predicted octanol–water partition coefficient (Wildman–Crippen LogP) is 5.42. The number of para-hydroxylation sites is 2. The largest absolute Gasteiger partial charge is 0.440 e. The quantitative estimate of drug-likeness (QED) is 0.562. The summed E-state index contributed by atoms with van der Waals surface area (Å²) >= 11 is 0. The number of alkyl halides is 3. The molecule has 0 N–H and O–H groups in total. The molecule has 1 unspecified atom stereocenters. The van der Waals surface area contributed by atoms with Gasteiger partial charge in [-0.25, -0.2) is 4.98 Å². The SMILES string of the molecule is O=C1CCCC2=C1C(c1cnccc1C(F)(F)F)N=C(Cc1nc3ccccc3o1)C2. The fourth-order valence-electron chi connectivity index (χ4n) is 4.38. The first kappa shape index (κ1) is 19.7. The van der Waals surface area contributed by atoms with E-state index in [1.165, 1.54) is 6.20 Å². The number of benzene rings is 1. The molecule has 0 amide bonds. The first-order valence-corrected chi connectivity index (χ1v) is 10.1. The van der Waals surface area contributed by atoms with E-state index in [0.717, 1.165) is 17.8 Å². The maximum atomic E-state index is 13.7. The van der Waals surface area contributed by atoms with Gasteiger partial charge >= 0.3 is 6.18 Å². The van der Waals surface area contributed by atoms with Gasteiger partial charge in [-0.1, -0.05) is 17.7 Å². The molecule has 158 valence electrons. The van der Waals surface area contributed by atoms with Gasteiger partial charge in [-0.3, -0.25) is 14.8 Å². The van der Waals surface area contributed by atoms with Crippen molar-refractivity contribution in [1.29, 1.82) is 0 Å². The molecular weight excluding hydrogens is 407 g/mol. The van der Waals surface area contributed by atoms with Crippen LogP contribution in [0.15, 0.2) is 63.3 Å². The van der Waals surface area contributed by atoms with Crippen molar-refractivity contribution in [2.24, 2.45) is 4.99 Å². The van der Waals surface area contributed by atoms with Gasteiger partial charge in [0.05, 0.1) is 12.0 Å². The fourth-order valence-corrected chi connectivity index (χ4v) is 4.38. The summed E-state index contributed by atoms with van der Waals surface area (Å²) in [7, 11) is 0. The van der Waals surface area contributed by atoms with Crippen LogP contribution in [0.4, 0.5) is 13.2 Å². The fraction of sp³-hybridized carbons (Fsp3) is 0.304. The van der Waals surface area contributed by atoms with Crippen LogP contribution in [-0.4, -0.2) is 21.5 Å². The number of fused-ring (bicyclic) bond motifs is 1.